The predicted octanol–water partition coefficient (Wildman–Crippen LogP) is 4.55. The first-order valence-electron chi connectivity index (χ1n) is 10.5. The van der Waals surface area contributed by atoms with Crippen molar-refractivity contribution in [3.63, 3.8) is 0 Å². The van der Waals surface area contributed by atoms with Crippen molar-refractivity contribution in [2.24, 2.45) is 0 Å². The van der Waals surface area contributed by atoms with Crippen LogP contribution < -0.4 is 15.0 Å². The first-order chi connectivity index (χ1) is 15.4. The maximum absolute atomic E-state index is 12.7. The van der Waals surface area contributed by atoms with E-state index >= 15 is 0 Å². The second kappa shape index (κ2) is 9.79. The Morgan fingerprint density at radius 3 is 2.62 bits per heavy atom. The zero-order valence-electron chi connectivity index (χ0n) is 17.3. The third-order valence-electron chi connectivity index (χ3n) is 5.39. The van der Waals surface area contributed by atoms with Crippen molar-refractivity contribution < 1.29 is 37.0 Å². The van der Waals surface area contributed by atoms with E-state index in [1.807, 2.05) is 6.07 Å². The number of amides is 1. The summed E-state index contributed by atoms with van der Waals surface area (Å²) in [6, 6.07) is 10.1. The van der Waals surface area contributed by atoms with Gasteiger partial charge in [-0.2, -0.15) is 13.2 Å². The predicted molar refractivity (Wildman–Crippen MR) is 108 cm³/mol. The van der Waals surface area contributed by atoms with Crippen LogP contribution in [0.2, 0.25) is 0 Å². The van der Waals surface area contributed by atoms with E-state index in [2.05, 4.69) is 5.48 Å². The van der Waals surface area contributed by atoms with Crippen molar-refractivity contribution in [1.29, 1.82) is 0 Å². The number of fused-ring (bicyclic) bond motifs is 1. The topological polar surface area (TPSA) is 66.0 Å². The molecule has 9 heteroatoms. The Labute approximate surface area is 183 Å². The Kier molecular flexibility index (Phi) is 6.86. The number of ether oxygens (including phenoxy) is 3. The number of hydroxylamine groups is 1. The number of carbonyl (C=O) groups excluding carboxylic acids is 1. The lowest BCUT2D eigenvalue weighted by Crippen LogP contribution is -2.42. The summed E-state index contributed by atoms with van der Waals surface area (Å²) in [6.45, 7) is 0.721. The molecule has 0 aliphatic carbocycles. The van der Waals surface area contributed by atoms with Gasteiger partial charge in [0.2, 0.25) is 0 Å². The molecule has 0 radical (unpaired) electrons. The van der Waals surface area contributed by atoms with E-state index in [0.29, 0.717) is 36.5 Å². The Bertz CT molecular complexity index is 926. The van der Waals surface area contributed by atoms with Gasteiger partial charge in [0.25, 0.3) is 5.91 Å². The summed E-state index contributed by atoms with van der Waals surface area (Å²) in [5.74, 6) is 0.660. The molecular weight excluding hydrogens is 427 g/mol. The van der Waals surface area contributed by atoms with Gasteiger partial charge >= 0.3 is 6.18 Å². The van der Waals surface area contributed by atoms with Crippen LogP contribution in [-0.2, 0) is 33.6 Å². The smallest absolute Gasteiger partial charge is 0.416 e. The molecule has 2 unspecified atom stereocenters. The van der Waals surface area contributed by atoms with Crippen LogP contribution in [0.1, 0.15) is 42.4 Å². The zero-order chi connectivity index (χ0) is 22.6. The van der Waals surface area contributed by atoms with E-state index in [4.69, 9.17) is 19.0 Å². The molecule has 2 aromatic carbocycles. The standard InChI is InChI=1S/C23H24F3NO5/c24-23(25,26)17-8-4-15(5-9-17)14-30-18-10-6-16-7-11-19(31-20(16)13-18)22(28)27-32-21-3-1-2-12-29-21/h4-6,8-10,13,19,21H,1-3,7,11-12,14H2,(H,27,28). The summed E-state index contributed by atoms with van der Waals surface area (Å²) in [7, 11) is 0. The van der Waals surface area contributed by atoms with Crippen molar-refractivity contribution in [3.05, 3.63) is 59.2 Å². The number of halogens is 3. The normalized spacial score (nSPS) is 20.7. The summed E-state index contributed by atoms with van der Waals surface area (Å²) in [5.41, 5.74) is 3.29. The molecule has 0 bridgehead atoms. The van der Waals surface area contributed by atoms with E-state index in [1.54, 1.807) is 12.1 Å². The maximum Gasteiger partial charge on any atom is 0.416 e. The molecule has 0 saturated carbocycles. The van der Waals surface area contributed by atoms with E-state index in [1.165, 1.54) is 12.1 Å². The second-order valence-corrected chi connectivity index (χ2v) is 7.78. The van der Waals surface area contributed by atoms with Crippen molar-refractivity contribution in [1.82, 2.24) is 5.48 Å². The number of nitrogens with one attached hydrogen (secondary N) is 1. The van der Waals surface area contributed by atoms with Crippen LogP contribution in [0, 0.1) is 0 Å². The van der Waals surface area contributed by atoms with Gasteiger partial charge < -0.3 is 14.2 Å². The number of benzene rings is 2. The zero-order valence-corrected chi connectivity index (χ0v) is 17.3. The van der Waals surface area contributed by atoms with E-state index in [0.717, 1.165) is 37.0 Å². The lowest BCUT2D eigenvalue weighted by Gasteiger charge is -2.27. The van der Waals surface area contributed by atoms with Crippen molar-refractivity contribution in [2.45, 2.75) is 57.3 Å². The first kappa shape index (κ1) is 22.4. The fourth-order valence-corrected chi connectivity index (χ4v) is 3.57. The van der Waals surface area contributed by atoms with Gasteiger partial charge in [0.1, 0.15) is 18.1 Å². The van der Waals surface area contributed by atoms with Gasteiger partial charge in [-0.25, -0.2) is 10.3 Å². The molecule has 2 aromatic rings. The SMILES string of the molecule is O=C(NOC1CCCCO1)C1CCc2ccc(OCc3ccc(C(F)(F)F)cc3)cc2O1. The molecule has 0 spiro atoms. The molecule has 2 heterocycles. The van der Waals surface area contributed by atoms with Gasteiger partial charge in [-0.1, -0.05) is 18.2 Å². The minimum absolute atomic E-state index is 0.107. The molecule has 4 rings (SSSR count). The highest BCUT2D eigenvalue weighted by atomic mass is 19.4. The number of carbonyl (C=O) groups is 1. The highest BCUT2D eigenvalue weighted by Crippen LogP contribution is 2.32. The van der Waals surface area contributed by atoms with Crippen LogP contribution in [0.3, 0.4) is 0 Å². The van der Waals surface area contributed by atoms with Gasteiger partial charge in [0.05, 0.1) is 5.56 Å². The van der Waals surface area contributed by atoms with Gasteiger partial charge in [-0.05, 0) is 55.0 Å². The fourth-order valence-electron chi connectivity index (χ4n) is 3.57. The molecule has 1 saturated heterocycles. The number of aryl methyl sites for hydroxylation is 1. The second-order valence-electron chi connectivity index (χ2n) is 7.78. The Balaban J connectivity index is 1.31. The van der Waals surface area contributed by atoms with Gasteiger partial charge in [-0.3, -0.25) is 4.79 Å². The molecule has 2 aliphatic rings. The van der Waals surface area contributed by atoms with Crippen molar-refractivity contribution in [2.75, 3.05) is 6.61 Å². The van der Waals surface area contributed by atoms with Gasteiger partial charge in [-0.15, -0.1) is 0 Å². The molecule has 2 atom stereocenters. The average molecular weight is 451 g/mol. The van der Waals surface area contributed by atoms with E-state index in [-0.39, 0.29) is 12.5 Å². The molecule has 6 nitrogen and oxygen atoms in total. The third-order valence-corrected chi connectivity index (χ3v) is 5.39. The molecule has 2 aliphatic heterocycles. The van der Waals surface area contributed by atoms with Crippen LogP contribution in [0.15, 0.2) is 42.5 Å². The Morgan fingerprint density at radius 1 is 1.09 bits per heavy atom. The largest absolute Gasteiger partial charge is 0.489 e. The number of hydrogen-bond acceptors (Lipinski definition) is 5. The van der Waals surface area contributed by atoms with Crippen LogP contribution in [0.4, 0.5) is 13.2 Å². The molecule has 0 aromatic heterocycles. The van der Waals surface area contributed by atoms with E-state index in [9.17, 15) is 18.0 Å². The monoisotopic (exact) mass is 451 g/mol. The number of alkyl halides is 3. The highest BCUT2D eigenvalue weighted by Gasteiger charge is 2.30. The molecule has 1 fully saturated rings. The lowest BCUT2D eigenvalue weighted by atomic mass is 10.0. The lowest BCUT2D eigenvalue weighted by molar-refractivity contribution is -0.203. The summed E-state index contributed by atoms with van der Waals surface area (Å²) in [5, 5.41) is 0. The average Bonchev–Trinajstić information content (AvgIpc) is 2.81. The minimum atomic E-state index is -4.37. The summed E-state index contributed by atoms with van der Waals surface area (Å²) in [4.78, 5) is 17.7. The maximum atomic E-state index is 12.7. The molecular formula is C23H24F3NO5. The number of rotatable bonds is 6. The van der Waals surface area contributed by atoms with Gasteiger partial charge in [0, 0.05) is 19.1 Å². The quantitative estimate of drug-likeness (QED) is 0.653. The van der Waals surface area contributed by atoms with Crippen LogP contribution in [0.5, 0.6) is 11.5 Å². The fraction of sp³-hybridized carbons (Fsp3) is 0.435. The van der Waals surface area contributed by atoms with Gasteiger partial charge in [0.15, 0.2) is 12.4 Å². The van der Waals surface area contributed by atoms with Crippen LogP contribution >= 0.6 is 0 Å². The first-order valence-corrected chi connectivity index (χ1v) is 10.5. The van der Waals surface area contributed by atoms with Crippen molar-refractivity contribution in [3.8, 4) is 11.5 Å². The van der Waals surface area contributed by atoms with Crippen molar-refractivity contribution >= 4 is 5.91 Å². The third kappa shape index (κ3) is 5.72. The van der Waals surface area contributed by atoms with Crippen LogP contribution in [-0.4, -0.2) is 24.9 Å². The van der Waals surface area contributed by atoms with E-state index < -0.39 is 24.1 Å². The molecule has 1 N–H and O–H groups in total. The summed E-state index contributed by atoms with van der Waals surface area (Å²) >= 11 is 0. The minimum Gasteiger partial charge on any atom is -0.489 e. The molecule has 1 amide bonds. The molecule has 172 valence electrons. The summed E-state index contributed by atoms with van der Waals surface area (Å²) < 4.78 is 55.0. The van der Waals surface area contributed by atoms with Crippen LogP contribution in [0.25, 0.3) is 0 Å². The summed E-state index contributed by atoms with van der Waals surface area (Å²) in [6.07, 6.45) is -1.62. The molecule has 32 heavy (non-hydrogen) atoms. The highest BCUT2D eigenvalue weighted by molar-refractivity contribution is 5.80. The number of hydrogen-bond donors (Lipinski definition) is 1. The Hall–Kier alpha value is -2.78. The Morgan fingerprint density at radius 2 is 1.91 bits per heavy atom.